The zero-order chi connectivity index (χ0) is 14.1. The molecule has 0 bridgehead atoms. The first-order valence-electron chi connectivity index (χ1n) is 6.89. The SMILES string of the molecule is Cc1cccnc1[C@H](NC(=O)c1nc[nH]c1C)C1CC1. The number of rotatable bonds is 4. The van der Waals surface area contributed by atoms with Gasteiger partial charge in [-0.1, -0.05) is 6.07 Å². The summed E-state index contributed by atoms with van der Waals surface area (Å²) in [4.78, 5) is 23.8. The third-order valence-electron chi connectivity index (χ3n) is 3.77. The minimum absolute atomic E-state index is 0.0141. The van der Waals surface area contributed by atoms with E-state index in [9.17, 15) is 4.79 Å². The highest BCUT2D eigenvalue weighted by Gasteiger charge is 2.35. The first kappa shape index (κ1) is 12.8. The van der Waals surface area contributed by atoms with E-state index in [-0.39, 0.29) is 11.9 Å². The highest BCUT2D eigenvalue weighted by molar-refractivity contribution is 5.93. The summed E-state index contributed by atoms with van der Waals surface area (Å²) in [5.41, 5.74) is 3.33. The lowest BCUT2D eigenvalue weighted by Gasteiger charge is -2.19. The van der Waals surface area contributed by atoms with Crippen molar-refractivity contribution >= 4 is 5.91 Å². The van der Waals surface area contributed by atoms with E-state index < -0.39 is 0 Å². The highest BCUT2D eigenvalue weighted by atomic mass is 16.2. The molecule has 2 heterocycles. The van der Waals surface area contributed by atoms with Crippen LogP contribution < -0.4 is 5.32 Å². The summed E-state index contributed by atoms with van der Waals surface area (Å²) in [7, 11) is 0. The molecule has 1 aliphatic rings. The fourth-order valence-electron chi connectivity index (χ4n) is 2.46. The second kappa shape index (κ2) is 5.07. The lowest BCUT2D eigenvalue weighted by molar-refractivity contribution is 0.0925. The second-order valence-electron chi connectivity index (χ2n) is 5.37. The van der Waals surface area contributed by atoms with Gasteiger partial charge in [-0.15, -0.1) is 0 Å². The number of aryl methyl sites for hydroxylation is 2. The Kier molecular flexibility index (Phi) is 3.26. The van der Waals surface area contributed by atoms with Gasteiger partial charge >= 0.3 is 0 Å². The molecule has 0 spiro atoms. The number of hydrogen-bond acceptors (Lipinski definition) is 3. The molecule has 1 atom stereocenters. The quantitative estimate of drug-likeness (QED) is 0.895. The molecule has 1 fully saturated rings. The maximum absolute atomic E-state index is 12.3. The molecule has 0 saturated heterocycles. The second-order valence-corrected chi connectivity index (χ2v) is 5.37. The maximum Gasteiger partial charge on any atom is 0.272 e. The summed E-state index contributed by atoms with van der Waals surface area (Å²) in [5, 5.41) is 3.10. The lowest BCUT2D eigenvalue weighted by Crippen LogP contribution is -2.31. The number of hydrogen-bond donors (Lipinski definition) is 2. The third kappa shape index (κ3) is 2.43. The summed E-state index contributed by atoms with van der Waals surface area (Å²) in [6.45, 7) is 3.88. The molecule has 0 aliphatic heterocycles. The molecule has 5 heteroatoms. The summed E-state index contributed by atoms with van der Waals surface area (Å²) < 4.78 is 0. The van der Waals surface area contributed by atoms with Crippen LogP contribution >= 0.6 is 0 Å². The molecule has 2 N–H and O–H groups in total. The van der Waals surface area contributed by atoms with Crippen LogP contribution in [0.3, 0.4) is 0 Å². The lowest BCUT2D eigenvalue weighted by atomic mass is 10.0. The Hall–Kier alpha value is -2.17. The Morgan fingerprint density at radius 2 is 2.20 bits per heavy atom. The molecule has 104 valence electrons. The molecular formula is C15H18N4O. The fourth-order valence-corrected chi connectivity index (χ4v) is 2.46. The van der Waals surface area contributed by atoms with Gasteiger partial charge in [0, 0.05) is 11.9 Å². The van der Waals surface area contributed by atoms with Crippen LogP contribution in [0.1, 0.15) is 46.3 Å². The van der Waals surface area contributed by atoms with Crippen molar-refractivity contribution in [3.05, 3.63) is 47.3 Å². The van der Waals surface area contributed by atoms with E-state index in [1.165, 1.54) is 0 Å². The molecule has 3 rings (SSSR count). The molecule has 20 heavy (non-hydrogen) atoms. The number of carbonyl (C=O) groups is 1. The number of nitrogens with zero attached hydrogens (tertiary/aromatic N) is 2. The minimum Gasteiger partial charge on any atom is -0.348 e. The number of aromatic nitrogens is 3. The van der Waals surface area contributed by atoms with Gasteiger partial charge in [0.25, 0.3) is 5.91 Å². The predicted octanol–water partition coefficient (Wildman–Crippen LogP) is 2.30. The Labute approximate surface area is 117 Å². The average molecular weight is 270 g/mol. The van der Waals surface area contributed by atoms with Crippen LogP contribution in [0.2, 0.25) is 0 Å². The van der Waals surface area contributed by atoms with Crippen LogP contribution in [0.25, 0.3) is 0 Å². The number of amides is 1. The summed E-state index contributed by atoms with van der Waals surface area (Å²) >= 11 is 0. The molecular weight excluding hydrogens is 252 g/mol. The van der Waals surface area contributed by atoms with Gasteiger partial charge in [-0.05, 0) is 44.2 Å². The number of aromatic amines is 1. The van der Waals surface area contributed by atoms with E-state index in [2.05, 4.69) is 20.3 Å². The number of imidazole rings is 1. The molecule has 0 unspecified atom stereocenters. The Bertz CT molecular complexity index is 630. The van der Waals surface area contributed by atoms with Crippen molar-refractivity contribution in [2.24, 2.45) is 5.92 Å². The Morgan fingerprint density at radius 3 is 2.80 bits per heavy atom. The average Bonchev–Trinajstić information content (AvgIpc) is 3.18. The fraction of sp³-hybridized carbons (Fsp3) is 0.400. The number of H-pyrrole nitrogens is 1. The van der Waals surface area contributed by atoms with E-state index in [4.69, 9.17) is 0 Å². The van der Waals surface area contributed by atoms with Crippen LogP contribution in [0.15, 0.2) is 24.7 Å². The zero-order valence-electron chi connectivity index (χ0n) is 11.7. The largest absolute Gasteiger partial charge is 0.348 e. The predicted molar refractivity (Wildman–Crippen MR) is 75.2 cm³/mol. The van der Waals surface area contributed by atoms with Gasteiger partial charge in [0.2, 0.25) is 0 Å². The van der Waals surface area contributed by atoms with Crippen molar-refractivity contribution in [1.82, 2.24) is 20.3 Å². The molecule has 1 saturated carbocycles. The van der Waals surface area contributed by atoms with E-state index in [0.717, 1.165) is 29.8 Å². The van der Waals surface area contributed by atoms with Crippen LogP contribution in [0.4, 0.5) is 0 Å². The minimum atomic E-state index is -0.134. The Morgan fingerprint density at radius 1 is 1.40 bits per heavy atom. The third-order valence-corrected chi connectivity index (χ3v) is 3.77. The highest BCUT2D eigenvalue weighted by Crippen LogP contribution is 2.41. The number of carbonyl (C=O) groups excluding carboxylic acids is 1. The van der Waals surface area contributed by atoms with E-state index >= 15 is 0 Å². The standard InChI is InChI=1S/C15H18N4O/c1-9-4-3-7-16-12(9)14(11-5-6-11)19-15(20)13-10(2)17-8-18-13/h3-4,7-8,11,14H,5-6H2,1-2H3,(H,17,18)(H,19,20)/t14-/m1/s1. The van der Waals surface area contributed by atoms with Gasteiger partial charge in [0.1, 0.15) is 5.69 Å². The van der Waals surface area contributed by atoms with Crippen molar-refractivity contribution in [2.75, 3.05) is 0 Å². The van der Waals surface area contributed by atoms with Crippen molar-refractivity contribution < 1.29 is 4.79 Å². The summed E-state index contributed by atoms with van der Waals surface area (Å²) in [6.07, 6.45) is 5.60. The number of nitrogens with one attached hydrogen (secondary N) is 2. The summed E-state index contributed by atoms with van der Waals surface area (Å²) in [5.74, 6) is 0.359. The Balaban J connectivity index is 1.84. The van der Waals surface area contributed by atoms with Crippen LogP contribution in [-0.2, 0) is 0 Å². The monoisotopic (exact) mass is 270 g/mol. The molecule has 1 aliphatic carbocycles. The van der Waals surface area contributed by atoms with Crippen LogP contribution in [-0.4, -0.2) is 20.9 Å². The molecule has 5 nitrogen and oxygen atoms in total. The molecule has 2 aromatic heterocycles. The van der Waals surface area contributed by atoms with Crippen LogP contribution in [0, 0.1) is 19.8 Å². The zero-order valence-corrected chi connectivity index (χ0v) is 11.7. The van der Waals surface area contributed by atoms with E-state index in [1.54, 1.807) is 12.5 Å². The van der Waals surface area contributed by atoms with Gasteiger partial charge in [-0.3, -0.25) is 9.78 Å². The van der Waals surface area contributed by atoms with E-state index in [0.29, 0.717) is 11.6 Å². The van der Waals surface area contributed by atoms with Crippen molar-refractivity contribution in [2.45, 2.75) is 32.7 Å². The first-order valence-corrected chi connectivity index (χ1v) is 6.89. The molecule has 0 aromatic carbocycles. The van der Waals surface area contributed by atoms with Crippen molar-refractivity contribution in [1.29, 1.82) is 0 Å². The maximum atomic E-state index is 12.3. The molecule has 2 aromatic rings. The normalized spacial score (nSPS) is 15.9. The van der Waals surface area contributed by atoms with Crippen molar-refractivity contribution in [3.63, 3.8) is 0 Å². The van der Waals surface area contributed by atoms with Crippen molar-refractivity contribution in [3.8, 4) is 0 Å². The van der Waals surface area contributed by atoms with Gasteiger partial charge in [0.15, 0.2) is 0 Å². The summed E-state index contributed by atoms with van der Waals surface area (Å²) in [6, 6.07) is 3.94. The van der Waals surface area contributed by atoms with E-state index in [1.807, 2.05) is 26.0 Å². The van der Waals surface area contributed by atoms with Gasteiger partial charge in [-0.25, -0.2) is 4.98 Å². The van der Waals surface area contributed by atoms with Gasteiger partial charge in [-0.2, -0.15) is 0 Å². The topological polar surface area (TPSA) is 70.7 Å². The smallest absolute Gasteiger partial charge is 0.272 e. The molecule has 1 amide bonds. The number of pyridine rings is 1. The van der Waals surface area contributed by atoms with Crippen LogP contribution in [0.5, 0.6) is 0 Å². The molecule has 0 radical (unpaired) electrons. The van der Waals surface area contributed by atoms with Gasteiger partial charge < -0.3 is 10.3 Å². The van der Waals surface area contributed by atoms with Gasteiger partial charge in [0.05, 0.1) is 18.1 Å². The first-order chi connectivity index (χ1) is 9.66.